The van der Waals surface area contributed by atoms with Crippen molar-refractivity contribution in [1.29, 1.82) is 0 Å². The Morgan fingerprint density at radius 3 is 2.64 bits per heavy atom. The molecule has 2 rings (SSSR count). The molecular weight excluding hydrogens is 170 g/mol. The maximum atomic E-state index is 3.38. The van der Waals surface area contributed by atoms with E-state index in [0.29, 0.717) is 0 Å². The van der Waals surface area contributed by atoms with Crippen LogP contribution in [0.15, 0.2) is 30.3 Å². The lowest BCUT2D eigenvalue weighted by Gasteiger charge is -2.10. The van der Waals surface area contributed by atoms with Crippen molar-refractivity contribution in [1.82, 2.24) is 5.32 Å². The molecule has 0 spiro atoms. The highest BCUT2D eigenvalue weighted by Crippen LogP contribution is 2.28. The van der Waals surface area contributed by atoms with Crippen LogP contribution in [0.3, 0.4) is 0 Å². The Labute approximate surface area is 86.5 Å². The van der Waals surface area contributed by atoms with Crippen molar-refractivity contribution in [2.75, 3.05) is 7.05 Å². The van der Waals surface area contributed by atoms with E-state index in [2.05, 4.69) is 42.7 Å². The highest BCUT2D eigenvalue weighted by molar-refractivity contribution is 5.15. The first-order valence-corrected chi connectivity index (χ1v) is 5.59. The van der Waals surface area contributed by atoms with E-state index in [1.807, 2.05) is 0 Å². The van der Waals surface area contributed by atoms with Gasteiger partial charge in [0.1, 0.15) is 0 Å². The predicted molar refractivity (Wildman–Crippen MR) is 60.3 cm³/mol. The van der Waals surface area contributed by atoms with Crippen LogP contribution in [-0.2, 0) is 6.42 Å². The first kappa shape index (κ1) is 9.72. The largest absolute Gasteiger partial charge is 0.317 e. The zero-order valence-electron chi connectivity index (χ0n) is 8.87. The zero-order chi connectivity index (χ0) is 9.80. The van der Waals surface area contributed by atoms with Crippen LogP contribution < -0.4 is 5.32 Å². The van der Waals surface area contributed by atoms with Crippen LogP contribution in [-0.4, -0.2) is 13.1 Å². The van der Waals surface area contributed by atoms with E-state index in [1.165, 1.54) is 31.2 Å². The second-order valence-corrected chi connectivity index (χ2v) is 4.35. The third-order valence-electron chi connectivity index (χ3n) is 3.32. The zero-order valence-corrected chi connectivity index (χ0v) is 8.87. The Hall–Kier alpha value is -0.820. The Morgan fingerprint density at radius 2 is 2.00 bits per heavy atom. The minimum Gasteiger partial charge on any atom is -0.317 e. The molecule has 1 heteroatoms. The quantitative estimate of drug-likeness (QED) is 0.770. The molecule has 1 aliphatic carbocycles. The normalized spacial score (nSPS) is 26.6. The van der Waals surface area contributed by atoms with Gasteiger partial charge in [0.15, 0.2) is 0 Å². The van der Waals surface area contributed by atoms with Crippen LogP contribution >= 0.6 is 0 Å². The Bertz CT molecular complexity index is 268. The van der Waals surface area contributed by atoms with Crippen molar-refractivity contribution < 1.29 is 0 Å². The number of hydrogen-bond acceptors (Lipinski definition) is 1. The van der Waals surface area contributed by atoms with Crippen molar-refractivity contribution in [2.45, 2.75) is 31.7 Å². The smallest absolute Gasteiger partial charge is 0.00669 e. The lowest BCUT2D eigenvalue weighted by Crippen LogP contribution is -2.21. The molecule has 1 N–H and O–H groups in total. The standard InChI is InChI=1S/C13H19N/c1-14-13-8-7-12(10-13)9-11-5-3-2-4-6-11/h2-6,12-14H,7-10H2,1H3. The van der Waals surface area contributed by atoms with Gasteiger partial charge in [0.2, 0.25) is 0 Å². The fourth-order valence-corrected chi connectivity index (χ4v) is 2.47. The molecule has 1 saturated carbocycles. The lowest BCUT2D eigenvalue weighted by molar-refractivity contribution is 0.510. The maximum absolute atomic E-state index is 3.38. The fourth-order valence-electron chi connectivity index (χ4n) is 2.47. The number of hydrogen-bond donors (Lipinski definition) is 1. The highest BCUT2D eigenvalue weighted by Gasteiger charge is 2.22. The summed E-state index contributed by atoms with van der Waals surface area (Å²) in [5.74, 6) is 0.898. The van der Waals surface area contributed by atoms with Crippen molar-refractivity contribution in [3.05, 3.63) is 35.9 Å². The van der Waals surface area contributed by atoms with Gasteiger partial charge in [-0.15, -0.1) is 0 Å². The van der Waals surface area contributed by atoms with Gasteiger partial charge in [-0.3, -0.25) is 0 Å². The van der Waals surface area contributed by atoms with Gasteiger partial charge < -0.3 is 5.32 Å². The predicted octanol–water partition coefficient (Wildman–Crippen LogP) is 2.62. The van der Waals surface area contributed by atoms with E-state index in [-0.39, 0.29) is 0 Å². The van der Waals surface area contributed by atoms with E-state index >= 15 is 0 Å². The van der Waals surface area contributed by atoms with E-state index in [9.17, 15) is 0 Å². The highest BCUT2D eigenvalue weighted by atomic mass is 14.9. The van der Waals surface area contributed by atoms with Gasteiger partial charge in [-0.1, -0.05) is 30.3 Å². The van der Waals surface area contributed by atoms with Crippen LogP contribution in [0.25, 0.3) is 0 Å². The topological polar surface area (TPSA) is 12.0 Å². The summed E-state index contributed by atoms with van der Waals surface area (Å²) in [6.07, 6.45) is 5.36. The van der Waals surface area contributed by atoms with E-state index in [4.69, 9.17) is 0 Å². The Kier molecular flexibility index (Phi) is 3.20. The van der Waals surface area contributed by atoms with Gasteiger partial charge in [-0.2, -0.15) is 0 Å². The summed E-state index contributed by atoms with van der Waals surface area (Å²) in [7, 11) is 2.08. The number of rotatable bonds is 3. The van der Waals surface area contributed by atoms with Crippen molar-refractivity contribution in [2.24, 2.45) is 5.92 Å². The molecule has 0 bridgehead atoms. The summed E-state index contributed by atoms with van der Waals surface area (Å²) >= 11 is 0. The van der Waals surface area contributed by atoms with Gasteiger partial charge in [-0.25, -0.2) is 0 Å². The molecule has 2 unspecified atom stereocenters. The first-order chi connectivity index (χ1) is 6.88. The Morgan fingerprint density at radius 1 is 1.21 bits per heavy atom. The summed E-state index contributed by atoms with van der Waals surface area (Å²) in [4.78, 5) is 0. The maximum Gasteiger partial charge on any atom is 0.00669 e. The van der Waals surface area contributed by atoms with E-state index in [1.54, 1.807) is 0 Å². The average molecular weight is 189 g/mol. The van der Waals surface area contributed by atoms with Crippen LogP contribution in [0, 0.1) is 5.92 Å². The minimum absolute atomic E-state index is 0.767. The molecular formula is C13H19N. The van der Waals surface area contributed by atoms with Gasteiger partial charge >= 0.3 is 0 Å². The van der Waals surface area contributed by atoms with Crippen LogP contribution in [0.1, 0.15) is 24.8 Å². The van der Waals surface area contributed by atoms with Gasteiger partial charge in [0.25, 0.3) is 0 Å². The molecule has 0 radical (unpaired) electrons. The number of nitrogens with one attached hydrogen (secondary N) is 1. The molecule has 0 saturated heterocycles. The molecule has 76 valence electrons. The molecule has 0 heterocycles. The van der Waals surface area contributed by atoms with Crippen LogP contribution in [0.5, 0.6) is 0 Å². The van der Waals surface area contributed by atoms with Crippen molar-refractivity contribution in [3.8, 4) is 0 Å². The molecule has 1 aromatic carbocycles. The lowest BCUT2D eigenvalue weighted by atomic mass is 9.98. The van der Waals surface area contributed by atoms with Gasteiger partial charge in [-0.05, 0) is 44.2 Å². The van der Waals surface area contributed by atoms with Crippen molar-refractivity contribution in [3.63, 3.8) is 0 Å². The summed E-state index contributed by atoms with van der Waals surface area (Å²) in [5, 5.41) is 3.38. The third-order valence-corrected chi connectivity index (χ3v) is 3.32. The Balaban J connectivity index is 1.88. The molecule has 1 nitrogen and oxygen atoms in total. The number of benzene rings is 1. The SMILES string of the molecule is CNC1CCC(Cc2ccccc2)C1. The molecule has 0 aliphatic heterocycles. The molecule has 2 atom stereocenters. The van der Waals surface area contributed by atoms with Crippen LogP contribution in [0.4, 0.5) is 0 Å². The fraction of sp³-hybridized carbons (Fsp3) is 0.538. The summed E-state index contributed by atoms with van der Waals surface area (Å²) in [5.41, 5.74) is 1.49. The monoisotopic (exact) mass is 189 g/mol. The molecule has 1 aromatic rings. The van der Waals surface area contributed by atoms with Crippen LogP contribution in [0.2, 0.25) is 0 Å². The molecule has 14 heavy (non-hydrogen) atoms. The third kappa shape index (κ3) is 2.36. The summed E-state index contributed by atoms with van der Waals surface area (Å²) < 4.78 is 0. The van der Waals surface area contributed by atoms with Gasteiger partial charge in [0.05, 0.1) is 0 Å². The first-order valence-electron chi connectivity index (χ1n) is 5.59. The second-order valence-electron chi connectivity index (χ2n) is 4.35. The molecule has 0 aromatic heterocycles. The second kappa shape index (κ2) is 4.61. The minimum atomic E-state index is 0.767. The van der Waals surface area contributed by atoms with E-state index < -0.39 is 0 Å². The summed E-state index contributed by atoms with van der Waals surface area (Å²) in [6, 6.07) is 11.6. The molecule has 1 aliphatic rings. The average Bonchev–Trinajstić information content (AvgIpc) is 2.67. The van der Waals surface area contributed by atoms with Crippen molar-refractivity contribution >= 4 is 0 Å². The van der Waals surface area contributed by atoms with E-state index in [0.717, 1.165) is 12.0 Å². The molecule has 1 fully saturated rings. The van der Waals surface area contributed by atoms with Gasteiger partial charge in [0, 0.05) is 6.04 Å². The molecule has 0 amide bonds. The summed E-state index contributed by atoms with van der Waals surface area (Å²) in [6.45, 7) is 0.